The zero-order chi connectivity index (χ0) is 8.97. The van der Waals surface area contributed by atoms with Crippen molar-refractivity contribution in [2.75, 3.05) is 5.32 Å². The topological polar surface area (TPSA) is 50.1 Å². The number of anilines is 1. The quantitative estimate of drug-likeness (QED) is 0.380. The summed E-state index contributed by atoms with van der Waals surface area (Å²) in [6.45, 7) is 2.03. The zero-order valence-corrected chi connectivity index (χ0v) is 8.84. The van der Waals surface area contributed by atoms with Crippen LogP contribution in [-0.2, 0) is 0 Å². The maximum absolute atomic E-state index is 5.10. The summed E-state index contributed by atoms with van der Waals surface area (Å²) in [6.07, 6.45) is 0. The number of hydrazine groups is 1. The van der Waals surface area contributed by atoms with Gasteiger partial charge in [0.15, 0.2) is 5.11 Å². The first kappa shape index (κ1) is 12.2. The Bertz CT molecular complexity index is 273. The first-order valence-electron chi connectivity index (χ1n) is 3.56. The van der Waals surface area contributed by atoms with E-state index in [4.69, 9.17) is 18.1 Å². The molecule has 4 N–H and O–H groups in total. The van der Waals surface area contributed by atoms with Crippen LogP contribution in [0.1, 0.15) is 5.56 Å². The van der Waals surface area contributed by atoms with E-state index in [0.717, 1.165) is 5.69 Å². The van der Waals surface area contributed by atoms with Crippen molar-refractivity contribution in [2.24, 2.45) is 5.84 Å². The zero-order valence-electron chi connectivity index (χ0n) is 7.20. The van der Waals surface area contributed by atoms with Crippen molar-refractivity contribution in [1.29, 1.82) is 0 Å². The average Bonchev–Trinajstić information content (AvgIpc) is 2.09. The third-order valence-electron chi connectivity index (χ3n) is 1.44. The molecule has 0 aromatic heterocycles. The van der Waals surface area contributed by atoms with Crippen molar-refractivity contribution in [3.05, 3.63) is 29.8 Å². The Morgan fingerprint density at radius 3 is 2.31 bits per heavy atom. The van der Waals surface area contributed by atoms with Crippen molar-refractivity contribution in [3.8, 4) is 0 Å². The van der Waals surface area contributed by atoms with Crippen LogP contribution in [0, 0.1) is 6.92 Å². The normalized spacial score (nSPS) is 8.46. The summed E-state index contributed by atoms with van der Waals surface area (Å²) in [5, 5.41) is 3.33. The average molecular weight is 218 g/mol. The third-order valence-corrected chi connectivity index (χ3v) is 1.66. The SMILES string of the molecule is Cc1ccc(NC(=S)NN)cc1.Cl. The van der Waals surface area contributed by atoms with Crippen LogP contribution in [0.25, 0.3) is 0 Å². The second-order valence-corrected chi connectivity index (χ2v) is 2.87. The lowest BCUT2D eigenvalue weighted by molar-refractivity contribution is 1.04. The smallest absolute Gasteiger partial charge is 0.185 e. The van der Waals surface area contributed by atoms with Crippen LogP contribution >= 0.6 is 24.6 Å². The molecule has 1 rings (SSSR count). The van der Waals surface area contributed by atoms with E-state index in [-0.39, 0.29) is 12.4 Å². The highest BCUT2D eigenvalue weighted by molar-refractivity contribution is 7.80. The molecule has 0 radical (unpaired) electrons. The highest BCUT2D eigenvalue weighted by atomic mass is 35.5. The summed E-state index contributed by atoms with van der Waals surface area (Å²) in [5.41, 5.74) is 4.50. The standard InChI is InChI=1S/C8H11N3S.ClH/c1-6-2-4-7(5-3-6)10-8(12)11-9;/h2-5H,9H2,1H3,(H2,10,11,12);1H. The predicted molar refractivity (Wildman–Crippen MR) is 62.0 cm³/mol. The van der Waals surface area contributed by atoms with E-state index in [1.807, 2.05) is 31.2 Å². The van der Waals surface area contributed by atoms with Gasteiger partial charge in [-0.1, -0.05) is 17.7 Å². The van der Waals surface area contributed by atoms with Crippen LogP contribution in [0.2, 0.25) is 0 Å². The number of nitrogens with one attached hydrogen (secondary N) is 2. The Morgan fingerprint density at radius 1 is 1.31 bits per heavy atom. The van der Waals surface area contributed by atoms with Gasteiger partial charge in [-0.05, 0) is 31.3 Å². The fourth-order valence-electron chi connectivity index (χ4n) is 0.804. The molecule has 0 bridgehead atoms. The number of benzene rings is 1. The molecule has 1 aromatic carbocycles. The number of thiocarbonyl (C=S) groups is 1. The second kappa shape index (κ2) is 5.75. The fourth-order valence-corrected chi connectivity index (χ4v) is 0.922. The largest absolute Gasteiger partial charge is 0.332 e. The Morgan fingerprint density at radius 2 is 1.85 bits per heavy atom. The van der Waals surface area contributed by atoms with Gasteiger partial charge in [0.2, 0.25) is 0 Å². The fraction of sp³-hybridized carbons (Fsp3) is 0.125. The third kappa shape index (κ3) is 4.07. The van der Waals surface area contributed by atoms with Crippen molar-refractivity contribution in [2.45, 2.75) is 6.92 Å². The van der Waals surface area contributed by atoms with E-state index in [2.05, 4.69) is 10.7 Å². The van der Waals surface area contributed by atoms with Crippen molar-refractivity contribution >= 4 is 35.4 Å². The molecule has 0 amide bonds. The molecule has 0 spiro atoms. The minimum Gasteiger partial charge on any atom is -0.332 e. The molecule has 0 aliphatic rings. The summed E-state index contributed by atoms with van der Waals surface area (Å²) >= 11 is 4.82. The number of rotatable bonds is 1. The maximum atomic E-state index is 5.10. The van der Waals surface area contributed by atoms with Crippen LogP contribution in [0.3, 0.4) is 0 Å². The number of hydrogen-bond donors (Lipinski definition) is 3. The van der Waals surface area contributed by atoms with Crippen LogP contribution in [0.4, 0.5) is 5.69 Å². The summed E-state index contributed by atoms with van der Waals surface area (Å²) in [4.78, 5) is 0. The van der Waals surface area contributed by atoms with E-state index >= 15 is 0 Å². The summed E-state index contributed by atoms with van der Waals surface area (Å²) in [5.74, 6) is 5.10. The summed E-state index contributed by atoms with van der Waals surface area (Å²) < 4.78 is 0. The van der Waals surface area contributed by atoms with Crippen LogP contribution in [-0.4, -0.2) is 5.11 Å². The molecule has 13 heavy (non-hydrogen) atoms. The van der Waals surface area contributed by atoms with E-state index in [1.165, 1.54) is 5.56 Å². The van der Waals surface area contributed by atoms with Crippen LogP contribution < -0.4 is 16.6 Å². The Balaban J connectivity index is 0.00000144. The Kier molecular flexibility index (Phi) is 5.37. The first-order valence-corrected chi connectivity index (χ1v) is 3.97. The van der Waals surface area contributed by atoms with Crippen LogP contribution in [0.15, 0.2) is 24.3 Å². The highest BCUT2D eigenvalue weighted by Crippen LogP contribution is 2.07. The monoisotopic (exact) mass is 217 g/mol. The molecule has 1 aromatic rings. The lowest BCUT2D eigenvalue weighted by Gasteiger charge is -2.06. The van der Waals surface area contributed by atoms with Gasteiger partial charge in [0.1, 0.15) is 0 Å². The molecular weight excluding hydrogens is 206 g/mol. The van der Waals surface area contributed by atoms with Crippen molar-refractivity contribution < 1.29 is 0 Å². The maximum Gasteiger partial charge on any atom is 0.185 e. The van der Waals surface area contributed by atoms with Gasteiger partial charge in [0, 0.05) is 5.69 Å². The van der Waals surface area contributed by atoms with E-state index < -0.39 is 0 Å². The summed E-state index contributed by atoms with van der Waals surface area (Å²) in [6, 6.07) is 7.89. The molecule has 72 valence electrons. The van der Waals surface area contributed by atoms with Gasteiger partial charge in [0.05, 0.1) is 0 Å². The second-order valence-electron chi connectivity index (χ2n) is 2.46. The molecule has 0 aliphatic heterocycles. The molecule has 5 heteroatoms. The Labute approximate surface area is 89.1 Å². The molecule has 0 atom stereocenters. The van der Waals surface area contributed by atoms with Gasteiger partial charge in [-0.25, -0.2) is 5.84 Å². The predicted octanol–water partition coefficient (Wildman–Crippen LogP) is 1.58. The molecule has 0 saturated heterocycles. The van der Waals surface area contributed by atoms with Crippen molar-refractivity contribution in [1.82, 2.24) is 5.43 Å². The van der Waals surface area contributed by atoms with Gasteiger partial charge in [0.25, 0.3) is 0 Å². The minimum absolute atomic E-state index is 0. The van der Waals surface area contributed by atoms with Gasteiger partial charge >= 0.3 is 0 Å². The molecule has 0 fully saturated rings. The van der Waals surface area contributed by atoms with Gasteiger partial charge in [-0.2, -0.15) is 0 Å². The van der Waals surface area contributed by atoms with E-state index in [9.17, 15) is 0 Å². The minimum atomic E-state index is 0. The van der Waals surface area contributed by atoms with E-state index in [1.54, 1.807) is 0 Å². The lowest BCUT2D eigenvalue weighted by Crippen LogP contribution is -2.34. The lowest BCUT2D eigenvalue weighted by atomic mass is 10.2. The van der Waals surface area contributed by atoms with Crippen LogP contribution in [0.5, 0.6) is 0 Å². The van der Waals surface area contributed by atoms with Gasteiger partial charge in [-0.3, -0.25) is 0 Å². The van der Waals surface area contributed by atoms with Crippen molar-refractivity contribution in [3.63, 3.8) is 0 Å². The number of hydrogen-bond acceptors (Lipinski definition) is 2. The Hall–Kier alpha value is -0.840. The molecule has 0 unspecified atom stereocenters. The van der Waals surface area contributed by atoms with E-state index in [0.29, 0.717) is 5.11 Å². The molecule has 0 saturated carbocycles. The summed E-state index contributed by atoms with van der Waals surface area (Å²) in [7, 11) is 0. The van der Waals surface area contributed by atoms with Gasteiger partial charge in [-0.15, -0.1) is 12.4 Å². The molecule has 0 heterocycles. The molecular formula is C8H12ClN3S. The number of nitrogens with two attached hydrogens (primary N) is 1. The first-order chi connectivity index (χ1) is 5.72. The highest BCUT2D eigenvalue weighted by Gasteiger charge is 1.92. The number of aryl methyl sites for hydroxylation is 1. The molecule has 0 aliphatic carbocycles. The van der Waals surface area contributed by atoms with Gasteiger partial charge < -0.3 is 10.7 Å². The molecule has 3 nitrogen and oxygen atoms in total. The number of halogens is 1.